The van der Waals surface area contributed by atoms with Crippen LogP contribution in [0.5, 0.6) is 5.75 Å². The van der Waals surface area contributed by atoms with Crippen LogP contribution in [0.2, 0.25) is 0 Å². The molecule has 0 radical (unpaired) electrons. The summed E-state index contributed by atoms with van der Waals surface area (Å²) in [5.41, 5.74) is 0.841. The summed E-state index contributed by atoms with van der Waals surface area (Å²) in [6.07, 6.45) is 2.40. The Labute approximate surface area is 123 Å². The summed E-state index contributed by atoms with van der Waals surface area (Å²) in [5, 5.41) is 11.3. The second-order valence-electron chi connectivity index (χ2n) is 5.07. The van der Waals surface area contributed by atoms with Gasteiger partial charge < -0.3 is 19.9 Å². The van der Waals surface area contributed by atoms with E-state index in [2.05, 4.69) is 5.32 Å². The fourth-order valence-electron chi connectivity index (χ4n) is 1.74. The second-order valence-corrected chi connectivity index (χ2v) is 5.07. The van der Waals surface area contributed by atoms with Crippen molar-refractivity contribution in [2.24, 2.45) is 5.92 Å². The van der Waals surface area contributed by atoms with Crippen molar-refractivity contribution in [2.45, 2.75) is 19.4 Å². The van der Waals surface area contributed by atoms with Gasteiger partial charge in [0.25, 0.3) is 0 Å². The largest absolute Gasteiger partial charge is 0.482 e. The van der Waals surface area contributed by atoms with Crippen molar-refractivity contribution in [2.75, 3.05) is 19.8 Å². The molecule has 1 aromatic carbocycles. The normalized spacial score (nSPS) is 13.7. The van der Waals surface area contributed by atoms with E-state index in [9.17, 15) is 9.59 Å². The Morgan fingerprint density at radius 1 is 1.29 bits per heavy atom. The summed E-state index contributed by atoms with van der Waals surface area (Å²) in [5.74, 6) is -0.0796. The minimum absolute atomic E-state index is 0.0751. The predicted molar refractivity (Wildman–Crippen MR) is 75.0 cm³/mol. The number of carbonyl (C=O) groups excluding carboxylic acids is 1. The van der Waals surface area contributed by atoms with Crippen molar-refractivity contribution in [1.82, 2.24) is 5.32 Å². The fraction of sp³-hybridized carbons (Fsp3) is 0.467. The molecule has 1 aliphatic carbocycles. The van der Waals surface area contributed by atoms with E-state index < -0.39 is 5.97 Å². The van der Waals surface area contributed by atoms with Crippen LogP contribution in [-0.2, 0) is 20.9 Å². The number of carboxylic acid groups (broad SMARTS) is 1. The maximum atomic E-state index is 11.6. The molecule has 114 valence electrons. The van der Waals surface area contributed by atoms with E-state index in [1.807, 2.05) is 6.07 Å². The summed E-state index contributed by atoms with van der Waals surface area (Å²) in [6.45, 7) is 0.707. The van der Waals surface area contributed by atoms with Crippen LogP contribution in [0.4, 0.5) is 0 Å². The summed E-state index contributed by atoms with van der Waals surface area (Å²) >= 11 is 0. The Bertz CT molecular complexity index is 499. The predicted octanol–water partition coefficient (Wildman–Crippen LogP) is 1.19. The number of aliphatic carboxylic acids is 1. The average molecular weight is 293 g/mol. The molecule has 1 aliphatic rings. The monoisotopic (exact) mass is 293 g/mol. The van der Waals surface area contributed by atoms with Crippen molar-refractivity contribution in [3.8, 4) is 5.75 Å². The number of hydrogen-bond acceptors (Lipinski definition) is 4. The number of carbonyl (C=O) groups is 2. The fourth-order valence-corrected chi connectivity index (χ4v) is 1.74. The summed E-state index contributed by atoms with van der Waals surface area (Å²) in [6, 6.07) is 6.96. The number of amides is 1. The third-order valence-corrected chi connectivity index (χ3v) is 3.03. The smallest absolute Gasteiger partial charge is 0.341 e. The van der Waals surface area contributed by atoms with Crippen molar-refractivity contribution in [3.63, 3.8) is 0 Å². The van der Waals surface area contributed by atoms with Gasteiger partial charge in [-0.25, -0.2) is 4.79 Å². The molecular weight excluding hydrogens is 274 g/mol. The van der Waals surface area contributed by atoms with E-state index in [-0.39, 0.29) is 19.1 Å². The van der Waals surface area contributed by atoms with Gasteiger partial charge >= 0.3 is 5.97 Å². The van der Waals surface area contributed by atoms with E-state index in [1.165, 1.54) is 12.8 Å². The van der Waals surface area contributed by atoms with Crippen LogP contribution in [0.1, 0.15) is 18.4 Å². The number of carboxylic acids is 1. The Morgan fingerprint density at radius 2 is 2.10 bits per heavy atom. The lowest BCUT2D eigenvalue weighted by Crippen LogP contribution is -2.27. The maximum absolute atomic E-state index is 11.6. The topological polar surface area (TPSA) is 84.9 Å². The first-order chi connectivity index (χ1) is 10.1. The highest BCUT2D eigenvalue weighted by molar-refractivity contribution is 5.77. The van der Waals surface area contributed by atoms with Gasteiger partial charge in [0.15, 0.2) is 6.61 Å². The highest BCUT2D eigenvalue weighted by Gasteiger charge is 2.21. The van der Waals surface area contributed by atoms with Crippen LogP contribution in [-0.4, -0.2) is 36.8 Å². The molecule has 0 heterocycles. The molecule has 0 atom stereocenters. The third-order valence-electron chi connectivity index (χ3n) is 3.03. The molecule has 1 aromatic rings. The van der Waals surface area contributed by atoms with Gasteiger partial charge in [0.1, 0.15) is 12.4 Å². The van der Waals surface area contributed by atoms with Gasteiger partial charge in [-0.3, -0.25) is 4.79 Å². The van der Waals surface area contributed by atoms with Crippen molar-refractivity contribution < 1.29 is 24.2 Å². The highest BCUT2D eigenvalue weighted by Crippen LogP contribution is 2.28. The average Bonchev–Trinajstić information content (AvgIpc) is 3.28. The summed E-state index contributed by atoms with van der Waals surface area (Å²) < 4.78 is 10.4. The van der Waals surface area contributed by atoms with Crippen LogP contribution < -0.4 is 10.1 Å². The molecule has 6 nitrogen and oxygen atoms in total. The SMILES string of the molecule is O=C(O)COc1cccc(CNC(=O)COCC2CC2)c1. The van der Waals surface area contributed by atoms with Crippen molar-refractivity contribution >= 4 is 11.9 Å². The lowest BCUT2D eigenvalue weighted by Gasteiger charge is -2.08. The van der Waals surface area contributed by atoms with E-state index in [4.69, 9.17) is 14.6 Å². The molecule has 0 aliphatic heterocycles. The lowest BCUT2D eigenvalue weighted by molar-refractivity contribution is -0.139. The maximum Gasteiger partial charge on any atom is 0.341 e. The van der Waals surface area contributed by atoms with Crippen LogP contribution in [0.25, 0.3) is 0 Å². The van der Waals surface area contributed by atoms with E-state index in [1.54, 1.807) is 18.2 Å². The molecule has 6 heteroatoms. The van der Waals surface area contributed by atoms with E-state index >= 15 is 0 Å². The Hall–Kier alpha value is -2.08. The van der Waals surface area contributed by atoms with Crippen molar-refractivity contribution in [3.05, 3.63) is 29.8 Å². The van der Waals surface area contributed by atoms with Gasteiger partial charge in [-0.1, -0.05) is 12.1 Å². The molecule has 0 bridgehead atoms. The number of nitrogens with one attached hydrogen (secondary N) is 1. The summed E-state index contributed by atoms with van der Waals surface area (Å²) in [4.78, 5) is 22.0. The van der Waals surface area contributed by atoms with Gasteiger partial charge in [0, 0.05) is 6.54 Å². The van der Waals surface area contributed by atoms with Crippen LogP contribution in [0.15, 0.2) is 24.3 Å². The Morgan fingerprint density at radius 3 is 2.81 bits per heavy atom. The molecule has 1 saturated carbocycles. The van der Waals surface area contributed by atoms with Crippen LogP contribution in [0.3, 0.4) is 0 Å². The van der Waals surface area contributed by atoms with Crippen LogP contribution in [0, 0.1) is 5.92 Å². The van der Waals surface area contributed by atoms with Gasteiger partial charge in [-0.2, -0.15) is 0 Å². The highest BCUT2D eigenvalue weighted by atomic mass is 16.5. The quantitative estimate of drug-likeness (QED) is 0.714. The minimum Gasteiger partial charge on any atom is -0.482 e. The second kappa shape index (κ2) is 7.64. The zero-order valence-corrected chi connectivity index (χ0v) is 11.7. The number of ether oxygens (including phenoxy) is 2. The van der Waals surface area contributed by atoms with E-state index in [0.29, 0.717) is 24.8 Å². The molecule has 0 aromatic heterocycles. The molecule has 0 spiro atoms. The molecule has 1 amide bonds. The zero-order valence-electron chi connectivity index (χ0n) is 11.7. The number of benzene rings is 1. The van der Waals surface area contributed by atoms with Crippen molar-refractivity contribution in [1.29, 1.82) is 0 Å². The number of rotatable bonds is 9. The van der Waals surface area contributed by atoms with Gasteiger partial charge in [0.2, 0.25) is 5.91 Å². The molecule has 0 saturated heterocycles. The van der Waals surface area contributed by atoms with E-state index in [0.717, 1.165) is 5.56 Å². The molecule has 21 heavy (non-hydrogen) atoms. The molecule has 0 unspecified atom stereocenters. The van der Waals surface area contributed by atoms with Gasteiger partial charge in [-0.15, -0.1) is 0 Å². The molecule has 2 rings (SSSR count). The van der Waals surface area contributed by atoms with Crippen LogP contribution >= 0.6 is 0 Å². The minimum atomic E-state index is -1.03. The lowest BCUT2D eigenvalue weighted by atomic mass is 10.2. The molecule has 1 fully saturated rings. The Kier molecular flexibility index (Phi) is 5.57. The Balaban J connectivity index is 1.69. The van der Waals surface area contributed by atoms with Gasteiger partial charge in [-0.05, 0) is 36.5 Å². The first kappa shape index (κ1) is 15.3. The number of hydrogen-bond donors (Lipinski definition) is 2. The molecule has 2 N–H and O–H groups in total. The first-order valence-electron chi connectivity index (χ1n) is 6.91. The summed E-state index contributed by atoms with van der Waals surface area (Å²) in [7, 11) is 0. The zero-order chi connectivity index (χ0) is 15.1. The molecular formula is C15H19NO5. The third kappa shape index (κ3) is 6.27. The first-order valence-corrected chi connectivity index (χ1v) is 6.91. The van der Waals surface area contributed by atoms with Gasteiger partial charge in [0.05, 0.1) is 6.61 Å². The standard InChI is InChI=1S/C15H19NO5/c17-14(9-20-8-11-4-5-11)16-7-12-2-1-3-13(6-12)21-10-15(18)19/h1-3,6,11H,4-5,7-10H2,(H,16,17)(H,18,19).